The first kappa shape index (κ1) is 27.6. The topological polar surface area (TPSA) is 91.0 Å². The first-order chi connectivity index (χ1) is 19.1. The van der Waals surface area contributed by atoms with Crippen LogP contribution in [0, 0.1) is 11.7 Å². The van der Waals surface area contributed by atoms with Crippen molar-refractivity contribution in [1.29, 1.82) is 0 Å². The van der Waals surface area contributed by atoms with Crippen molar-refractivity contribution in [2.24, 2.45) is 5.92 Å². The van der Waals surface area contributed by atoms with Crippen molar-refractivity contribution in [3.63, 3.8) is 0 Å². The number of nitrogens with zero attached hydrogens (tertiary/aromatic N) is 4. The maximum absolute atomic E-state index is 14.4. The quantitative estimate of drug-likeness (QED) is 0.310. The number of ether oxygens (including phenoxy) is 1. The molecule has 0 radical (unpaired) electrons. The molecule has 1 fully saturated rings. The number of aromatic nitrogens is 4. The summed E-state index contributed by atoms with van der Waals surface area (Å²) in [4.78, 5) is 33.7. The Kier molecular flexibility index (Phi) is 7.54. The molecule has 1 aliphatic rings. The van der Waals surface area contributed by atoms with Crippen molar-refractivity contribution in [1.82, 2.24) is 24.4 Å². The number of halogens is 5. The zero-order valence-electron chi connectivity index (χ0n) is 21.2. The molecule has 1 aromatic carbocycles. The lowest BCUT2D eigenvalue weighted by Crippen LogP contribution is -2.39. The third kappa shape index (κ3) is 5.40. The summed E-state index contributed by atoms with van der Waals surface area (Å²) < 4.78 is 62.4. The van der Waals surface area contributed by atoms with Crippen LogP contribution in [0.2, 0.25) is 5.02 Å². The molecule has 0 bridgehead atoms. The lowest BCUT2D eigenvalue weighted by Gasteiger charge is -2.29. The van der Waals surface area contributed by atoms with Crippen LogP contribution in [0.25, 0.3) is 16.7 Å². The van der Waals surface area contributed by atoms with Gasteiger partial charge in [-0.2, -0.15) is 13.2 Å². The van der Waals surface area contributed by atoms with Gasteiger partial charge in [-0.25, -0.2) is 14.2 Å². The molecule has 40 heavy (non-hydrogen) atoms. The number of benzene rings is 1. The van der Waals surface area contributed by atoms with E-state index in [4.69, 9.17) is 16.3 Å². The van der Waals surface area contributed by atoms with E-state index >= 15 is 0 Å². The number of amides is 1. The predicted octanol–water partition coefficient (Wildman–Crippen LogP) is 5.39. The summed E-state index contributed by atoms with van der Waals surface area (Å²) >= 11 is 5.80. The molecule has 0 spiro atoms. The van der Waals surface area contributed by atoms with Crippen molar-refractivity contribution in [3.05, 3.63) is 81.5 Å². The average Bonchev–Trinajstić information content (AvgIpc) is 3.19. The maximum Gasteiger partial charge on any atom is 0.434 e. The highest BCUT2D eigenvalue weighted by Gasteiger charge is 2.38. The third-order valence-corrected chi connectivity index (χ3v) is 7.32. The number of pyridine rings is 2. The summed E-state index contributed by atoms with van der Waals surface area (Å²) in [6.45, 7) is 0.377. The van der Waals surface area contributed by atoms with Crippen LogP contribution in [-0.2, 0) is 12.7 Å². The minimum absolute atomic E-state index is 0.0590. The monoisotopic (exact) mass is 577 g/mol. The summed E-state index contributed by atoms with van der Waals surface area (Å²) in [6.07, 6.45) is 1.47. The SMILES string of the molecule is COc1ccc(-n2c(=O)n(C[C@H]3CC[C@H](NC(=O)c4cc(Cl)cnc4C(F)(F)F)CC3)c3ccncc32)cc1F. The molecule has 210 valence electrons. The van der Waals surface area contributed by atoms with Gasteiger partial charge in [-0.3, -0.25) is 18.9 Å². The molecule has 3 aromatic heterocycles. The van der Waals surface area contributed by atoms with Gasteiger partial charge < -0.3 is 10.1 Å². The molecule has 1 N–H and O–H groups in total. The van der Waals surface area contributed by atoms with Gasteiger partial charge in [0, 0.05) is 31.0 Å². The minimum Gasteiger partial charge on any atom is -0.494 e. The number of nitrogens with one attached hydrogen (secondary N) is 1. The van der Waals surface area contributed by atoms with Crippen LogP contribution < -0.4 is 15.7 Å². The minimum atomic E-state index is -4.80. The Morgan fingerprint density at radius 3 is 2.55 bits per heavy atom. The second kappa shape index (κ2) is 10.9. The van der Waals surface area contributed by atoms with E-state index in [0.717, 1.165) is 12.3 Å². The number of rotatable bonds is 6. The normalized spacial score (nSPS) is 17.6. The first-order valence-corrected chi connectivity index (χ1v) is 12.9. The molecule has 0 atom stereocenters. The highest BCUT2D eigenvalue weighted by molar-refractivity contribution is 6.30. The van der Waals surface area contributed by atoms with E-state index in [9.17, 15) is 27.2 Å². The number of hydrogen-bond acceptors (Lipinski definition) is 5. The van der Waals surface area contributed by atoms with E-state index in [1.807, 2.05) is 0 Å². The van der Waals surface area contributed by atoms with Gasteiger partial charge in [-0.1, -0.05) is 11.6 Å². The Bertz CT molecular complexity index is 1630. The number of fused-ring (bicyclic) bond motifs is 1. The summed E-state index contributed by atoms with van der Waals surface area (Å²) in [5.74, 6) is -1.36. The molecular formula is C27H24ClF4N5O3. The van der Waals surface area contributed by atoms with Crippen LogP contribution in [-0.4, -0.2) is 38.2 Å². The molecule has 0 saturated heterocycles. The van der Waals surface area contributed by atoms with E-state index in [2.05, 4.69) is 15.3 Å². The van der Waals surface area contributed by atoms with Crippen LogP contribution in [0.5, 0.6) is 5.75 Å². The number of alkyl halides is 3. The standard InChI is InChI=1S/C27H24ClF4N5O3/c1-40-23-7-6-18(11-20(23)29)37-22-13-33-9-8-21(22)36(26(37)39)14-15-2-4-17(5-3-15)35-25(38)19-10-16(28)12-34-24(19)27(30,31)32/h6-13,15,17H,2-5,14H2,1H3,(H,35,38)/t15-,17-. The number of imidazole rings is 1. The highest BCUT2D eigenvalue weighted by Crippen LogP contribution is 2.32. The van der Waals surface area contributed by atoms with Gasteiger partial charge >= 0.3 is 11.9 Å². The van der Waals surface area contributed by atoms with Gasteiger partial charge in [0.2, 0.25) is 0 Å². The van der Waals surface area contributed by atoms with Crippen molar-refractivity contribution >= 4 is 28.5 Å². The van der Waals surface area contributed by atoms with E-state index < -0.39 is 29.2 Å². The molecular weight excluding hydrogens is 554 g/mol. The predicted molar refractivity (Wildman–Crippen MR) is 139 cm³/mol. The van der Waals surface area contributed by atoms with Gasteiger partial charge in [0.15, 0.2) is 17.3 Å². The molecule has 4 aromatic rings. The smallest absolute Gasteiger partial charge is 0.434 e. The van der Waals surface area contributed by atoms with Gasteiger partial charge in [0.25, 0.3) is 5.91 Å². The fourth-order valence-electron chi connectivity index (χ4n) is 5.18. The van der Waals surface area contributed by atoms with Crippen molar-refractivity contribution in [3.8, 4) is 11.4 Å². The molecule has 13 heteroatoms. The first-order valence-electron chi connectivity index (χ1n) is 12.5. The number of carbonyl (C=O) groups is 1. The molecule has 8 nitrogen and oxygen atoms in total. The molecule has 0 aliphatic heterocycles. The Labute approximate surface area is 230 Å². The lowest BCUT2D eigenvalue weighted by molar-refractivity contribution is -0.141. The zero-order chi connectivity index (χ0) is 28.6. The van der Waals surface area contributed by atoms with Crippen LogP contribution >= 0.6 is 11.6 Å². The zero-order valence-corrected chi connectivity index (χ0v) is 22.0. The lowest BCUT2D eigenvalue weighted by atomic mass is 9.85. The second-order valence-electron chi connectivity index (χ2n) is 9.65. The Hall–Kier alpha value is -3.93. The molecule has 1 aliphatic carbocycles. The molecule has 0 unspecified atom stereocenters. The van der Waals surface area contributed by atoms with Crippen LogP contribution in [0.1, 0.15) is 41.7 Å². The number of carbonyl (C=O) groups excluding carboxylic acids is 1. The second-order valence-corrected chi connectivity index (χ2v) is 10.1. The largest absolute Gasteiger partial charge is 0.494 e. The van der Waals surface area contributed by atoms with E-state index in [1.165, 1.54) is 23.8 Å². The van der Waals surface area contributed by atoms with Crippen molar-refractivity contribution in [2.45, 2.75) is 44.4 Å². The third-order valence-electron chi connectivity index (χ3n) is 7.12. The van der Waals surface area contributed by atoms with Gasteiger partial charge in [0.05, 0.1) is 40.6 Å². The van der Waals surface area contributed by atoms with Crippen molar-refractivity contribution in [2.75, 3.05) is 7.11 Å². The molecule has 5 rings (SSSR count). The fourth-order valence-corrected chi connectivity index (χ4v) is 5.33. The number of methoxy groups -OCH3 is 1. The summed E-state index contributed by atoms with van der Waals surface area (Å²) in [6, 6.07) is 6.61. The maximum atomic E-state index is 14.4. The molecule has 1 saturated carbocycles. The summed E-state index contributed by atoms with van der Waals surface area (Å²) in [5, 5.41) is 2.61. The summed E-state index contributed by atoms with van der Waals surface area (Å²) in [5.41, 5.74) is -0.764. The highest BCUT2D eigenvalue weighted by atomic mass is 35.5. The number of hydrogen-bond donors (Lipinski definition) is 1. The molecule has 1 amide bonds. The van der Waals surface area contributed by atoms with Crippen LogP contribution in [0.15, 0.2) is 53.7 Å². The van der Waals surface area contributed by atoms with E-state index in [0.29, 0.717) is 48.9 Å². The van der Waals surface area contributed by atoms with E-state index in [1.54, 1.807) is 29.1 Å². The fraction of sp³-hybridized carbons (Fsp3) is 0.333. The van der Waals surface area contributed by atoms with Gasteiger partial charge in [0.1, 0.15) is 0 Å². The van der Waals surface area contributed by atoms with Crippen molar-refractivity contribution < 1.29 is 27.1 Å². The Balaban J connectivity index is 1.31. The molecule has 3 heterocycles. The van der Waals surface area contributed by atoms with E-state index in [-0.39, 0.29) is 28.4 Å². The van der Waals surface area contributed by atoms with Crippen LogP contribution in [0.4, 0.5) is 17.6 Å². The van der Waals surface area contributed by atoms with Gasteiger partial charge in [-0.05, 0) is 55.9 Å². The van der Waals surface area contributed by atoms with Crippen LogP contribution in [0.3, 0.4) is 0 Å². The average molecular weight is 578 g/mol. The van der Waals surface area contributed by atoms with Gasteiger partial charge in [-0.15, -0.1) is 0 Å². The summed E-state index contributed by atoms with van der Waals surface area (Å²) in [7, 11) is 1.36. The Morgan fingerprint density at radius 1 is 1.12 bits per heavy atom. The Morgan fingerprint density at radius 2 is 1.88 bits per heavy atom.